The van der Waals surface area contributed by atoms with Crippen LogP contribution >= 0.6 is 0 Å². The Labute approximate surface area is 96.6 Å². The number of rotatable bonds is 5. The van der Waals surface area contributed by atoms with Crippen molar-refractivity contribution in [1.29, 1.82) is 0 Å². The molecule has 0 aliphatic heterocycles. The maximum absolute atomic E-state index is 11.9. The van der Waals surface area contributed by atoms with Gasteiger partial charge in [-0.2, -0.15) is 0 Å². The van der Waals surface area contributed by atoms with Gasteiger partial charge in [-0.25, -0.2) is 4.98 Å². The number of carbonyl (C=O) groups excluding carboxylic acids is 1. The first-order valence-corrected chi connectivity index (χ1v) is 5.53. The van der Waals surface area contributed by atoms with Crippen molar-refractivity contribution in [2.24, 2.45) is 0 Å². The van der Waals surface area contributed by atoms with Gasteiger partial charge < -0.3 is 9.47 Å². The van der Waals surface area contributed by atoms with Crippen molar-refractivity contribution in [3.05, 3.63) is 30.0 Å². The highest BCUT2D eigenvalue weighted by atomic mass is 16.1. The molecule has 1 aromatic heterocycles. The van der Waals surface area contributed by atoms with E-state index in [9.17, 15) is 4.79 Å². The number of allylic oxidation sites excluding steroid dienone is 1. The van der Waals surface area contributed by atoms with Crippen LogP contribution in [0.2, 0.25) is 0 Å². The fourth-order valence-electron chi connectivity index (χ4n) is 1.55. The lowest BCUT2D eigenvalue weighted by atomic mass is 10.3. The number of nitrogens with zero attached hydrogens (tertiary/aromatic N) is 3. The molecule has 1 aromatic rings. The van der Waals surface area contributed by atoms with E-state index in [0.29, 0.717) is 5.69 Å². The molecular formula is C12H19N3O. The molecule has 0 unspecified atom stereocenters. The molecule has 0 saturated heterocycles. The smallest absolute Gasteiger partial charge is 0.205 e. The van der Waals surface area contributed by atoms with Crippen LogP contribution in [0.4, 0.5) is 0 Å². The van der Waals surface area contributed by atoms with Crippen LogP contribution in [0, 0.1) is 0 Å². The number of ketones is 1. The third kappa shape index (κ3) is 2.72. The van der Waals surface area contributed by atoms with E-state index in [2.05, 4.69) is 4.98 Å². The molecule has 1 rings (SSSR count). The van der Waals surface area contributed by atoms with Gasteiger partial charge in [-0.1, -0.05) is 6.92 Å². The highest BCUT2D eigenvalue weighted by Crippen LogP contribution is 2.08. The molecule has 0 N–H and O–H groups in total. The summed E-state index contributed by atoms with van der Waals surface area (Å²) in [5.41, 5.74) is 0.664. The first kappa shape index (κ1) is 12.5. The van der Waals surface area contributed by atoms with Gasteiger partial charge in [0.25, 0.3) is 0 Å². The second-order valence-electron chi connectivity index (χ2n) is 3.80. The maximum atomic E-state index is 11.9. The number of aryl methyl sites for hydroxylation is 1. The average molecular weight is 221 g/mol. The summed E-state index contributed by atoms with van der Waals surface area (Å²) in [7, 11) is 3.77. The first-order chi connectivity index (χ1) is 7.60. The molecule has 4 nitrogen and oxygen atoms in total. The second kappa shape index (κ2) is 5.49. The Morgan fingerprint density at radius 1 is 1.50 bits per heavy atom. The zero-order chi connectivity index (χ0) is 12.1. The molecule has 0 aliphatic rings. The molecule has 0 aliphatic carbocycles. The summed E-state index contributed by atoms with van der Waals surface area (Å²) in [6, 6.07) is 0. The van der Waals surface area contributed by atoms with Gasteiger partial charge >= 0.3 is 0 Å². The number of hydrogen-bond donors (Lipinski definition) is 0. The average Bonchev–Trinajstić information content (AvgIpc) is 2.68. The highest BCUT2D eigenvalue weighted by molar-refractivity contribution is 6.03. The lowest BCUT2D eigenvalue weighted by Crippen LogP contribution is -2.10. The number of imidazole rings is 1. The van der Waals surface area contributed by atoms with Crippen LogP contribution in [-0.2, 0) is 13.0 Å². The fraction of sp³-hybridized carbons (Fsp3) is 0.500. The molecule has 88 valence electrons. The Bertz CT molecular complexity index is 391. The highest BCUT2D eigenvalue weighted by Gasteiger charge is 2.11. The first-order valence-electron chi connectivity index (χ1n) is 5.53. The summed E-state index contributed by atoms with van der Waals surface area (Å²) >= 11 is 0. The van der Waals surface area contributed by atoms with Crippen molar-refractivity contribution in [3.8, 4) is 0 Å². The van der Waals surface area contributed by atoms with Crippen molar-refractivity contribution in [2.45, 2.75) is 26.8 Å². The number of carbonyl (C=O) groups is 1. The van der Waals surface area contributed by atoms with E-state index in [-0.39, 0.29) is 5.78 Å². The van der Waals surface area contributed by atoms with Gasteiger partial charge in [0.2, 0.25) is 5.78 Å². The normalized spacial score (nSPS) is 11.0. The third-order valence-electron chi connectivity index (χ3n) is 2.35. The fourth-order valence-corrected chi connectivity index (χ4v) is 1.55. The second-order valence-corrected chi connectivity index (χ2v) is 3.80. The largest absolute Gasteiger partial charge is 0.383 e. The minimum atomic E-state index is 0.00255. The van der Waals surface area contributed by atoms with Gasteiger partial charge in [0.1, 0.15) is 11.5 Å². The predicted octanol–water partition coefficient (Wildman–Crippen LogP) is 1.72. The van der Waals surface area contributed by atoms with Crippen LogP contribution in [0.3, 0.4) is 0 Å². The van der Waals surface area contributed by atoms with Crippen molar-refractivity contribution in [1.82, 2.24) is 14.5 Å². The molecule has 0 spiro atoms. The molecule has 4 heteroatoms. The lowest BCUT2D eigenvalue weighted by Gasteiger charge is -2.06. The van der Waals surface area contributed by atoms with Gasteiger partial charge in [-0.05, 0) is 6.92 Å². The molecule has 0 bridgehead atoms. The van der Waals surface area contributed by atoms with E-state index in [4.69, 9.17) is 0 Å². The zero-order valence-corrected chi connectivity index (χ0v) is 10.4. The topological polar surface area (TPSA) is 38.1 Å². The molecule has 0 atom stereocenters. The number of hydrogen-bond acceptors (Lipinski definition) is 3. The summed E-state index contributed by atoms with van der Waals surface area (Å²) in [6.45, 7) is 4.84. The molecule has 0 aromatic carbocycles. The van der Waals surface area contributed by atoms with E-state index < -0.39 is 0 Å². The van der Waals surface area contributed by atoms with Crippen molar-refractivity contribution < 1.29 is 4.79 Å². The molecular weight excluding hydrogens is 202 g/mol. The molecule has 0 saturated carbocycles. The quantitative estimate of drug-likeness (QED) is 0.561. The van der Waals surface area contributed by atoms with Gasteiger partial charge in [-0.3, -0.25) is 4.79 Å². The van der Waals surface area contributed by atoms with Crippen LogP contribution in [0.15, 0.2) is 18.5 Å². The molecule has 0 radical (unpaired) electrons. The summed E-state index contributed by atoms with van der Waals surface area (Å²) in [4.78, 5) is 18.0. The summed E-state index contributed by atoms with van der Waals surface area (Å²) < 4.78 is 1.96. The predicted molar refractivity (Wildman–Crippen MR) is 64.4 cm³/mol. The Balaban J connectivity index is 2.95. The van der Waals surface area contributed by atoms with E-state index in [1.54, 1.807) is 18.5 Å². The van der Waals surface area contributed by atoms with Crippen LogP contribution in [0.1, 0.15) is 30.2 Å². The van der Waals surface area contributed by atoms with Crippen molar-refractivity contribution >= 4 is 5.78 Å². The monoisotopic (exact) mass is 221 g/mol. The van der Waals surface area contributed by atoms with Crippen LogP contribution in [-0.4, -0.2) is 34.3 Å². The van der Waals surface area contributed by atoms with E-state index in [1.165, 1.54) is 0 Å². The summed E-state index contributed by atoms with van der Waals surface area (Å²) in [5, 5.41) is 0. The third-order valence-corrected chi connectivity index (χ3v) is 2.35. The molecule has 0 fully saturated rings. The van der Waals surface area contributed by atoms with Gasteiger partial charge in [-0.15, -0.1) is 0 Å². The Morgan fingerprint density at radius 3 is 2.69 bits per heavy atom. The van der Waals surface area contributed by atoms with Crippen molar-refractivity contribution in [3.63, 3.8) is 0 Å². The minimum absolute atomic E-state index is 0.00255. The SMILES string of the molecule is CCc1ncc(C(=O)/C=C/N(C)C)n1CC. The van der Waals surface area contributed by atoms with Gasteiger partial charge in [0, 0.05) is 39.3 Å². The maximum Gasteiger partial charge on any atom is 0.205 e. The lowest BCUT2D eigenvalue weighted by molar-refractivity contribution is 0.103. The van der Waals surface area contributed by atoms with E-state index in [0.717, 1.165) is 18.8 Å². The van der Waals surface area contributed by atoms with E-state index in [1.807, 2.05) is 37.4 Å². The van der Waals surface area contributed by atoms with E-state index >= 15 is 0 Å². The summed E-state index contributed by atoms with van der Waals surface area (Å²) in [6.07, 6.45) is 5.83. The van der Waals surface area contributed by atoms with Crippen LogP contribution < -0.4 is 0 Å². The standard InChI is InChI=1S/C12H19N3O/c1-5-12-13-9-10(15(12)6-2)11(16)7-8-14(3)4/h7-9H,5-6H2,1-4H3/b8-7+. The molecule has 1 heterocycles. The Hall–Kier alpha value is -1.58. The minimum Gasteiger partial charge on any atom is -0.383 e. The van der Waals surface area contributed by atoms with Crippen molar-refractivity contribution in [2.75, 3.05) is 14.1 Å². The van der Waals surface area contributed by atoms with Crippen LogP contribution in [0.5, 0.6) is 0 Å². The number of aromatic nitrogens is 2. The Kier molecular flexibility index (Phi) is 4.28. The van der Waals surface area contributed by atoms with Gasteiger partial charge in [0.05, 0.1) is 6.20 Å². The molecule has 16 heavy (non-hydrogen) atoms. The van der Waals surface area contributed by atoms with Crippen LogP contribution in [0.25, 0.3) is 0 Å². The summed E-state index contributed by atoms with van der Waals surface area (Å²) in [5.74, 6) is 0.965. The van der Waals surface area contributed by atoms with Gasteiger partial charge in [0.15, 0.2) is 0 Å². The Morgan fingerprint density at radius 2 is 2.19 bits per heavy atom. The molecule has 0 amide bonds. The zero-order valence-electron chi connectivity index (χ0n) is 10.4.